The molecule has 0 amide bonds. The number of Topliss-reactive ketones (excluding diaryl/α,β-unsaturated/α-hetero) is 1. The molecule has 2 aliphatic heterocycles. The molecule has 0 aliphatic carbocycles. The fourth-order valence-corrected chi connectivity index (χ4v) is 4.05. The number of hydrogen-bond donors (Lipinski definition) is 0. The number of piperidine rings is 1. The number of morpholine rings is 1. The molecule has 2 aliphatic rings. The van der Waals surface area contributed by atoms with Crippen molar-refractivity contribution in [2.75, 3.05) is 39.6 Å². The zero-order chi connectivity index (χ0) is 18.2. The predicted octanol–water partition coefficient (Wildman–Crippen LogP) is 2.68. The largest absolute Gasteiger partial charge is 0.379 e. The van der Waals surface area contributed by atoms with Crippen LogP contribution in [0.4, 0.5) is 0 Å². The monoisotopic (exact) mass is 361 g/mol. The molecule has 2 unspecified atom stereocenters. The number of ketones is 1. The van der Waals surface area contributed by atoms with Crippen LogP contribution in [-0.2, 0) is 25.5 Å². The SMILES string of the molecule is CCOCCOCCC(=O)C1CC2COCC(C1)N2Cc1ccccc1. The van der Waals surface area contributed by atoms with Crippen molar-refractivity contribution in [2.24, 2.45) is 5.92 Å². The first-order chi connectivity index (χ1) is 12.8. The van der Waals surface area contributed by atoms with E-state index in [2.05, 4.69) is 35.2 Å². The molecule has 1 aromatic carbocycles. The van der Waals surface area contributed by atoms with Gasteiger partial charge in [-0.25, -0.2) is 0 Å². The highest BCUT2D eigenvalue weighted by atomic mass is 16.5. The average molecular weight is 361 g/mol. The van der Waals surface area contributed by atoms with Crippen molar-refractivity contribution in [1.29, 1.82) is 0 Å². The molecule has 0 saturated carbocycles. The summed E-state index contributed by atoms with van der Waals surface area (Å²) in [7, 11) is 0. The van der Waals surface area contributed by atoms with E-state index in [9.17, 15) is 4.79 Å². The lowest BCUT2D eigenvalue weighted by Crippen LogP contribution is -2.57. The van der Waals surface area contributed by atoms with Crippen LogP contribution in [0.5, 0.6) is 0 Å². The molecule has 3 rings (SSSR count). The molecule has 144 valence electrons. The normalized spacial score (nSPS) is 26.0. The van der Waals surface area contributed by atoms with E-state index in [0.717, 1.165) is 32.6 Å². The zero-order valence-electron chi connectivity index (χ0n) is 15.8. The number of nitrogens with zero attached hydrogens (tertiary/aromatic N) is 1. The van der Waals surface area contributed by atoms with Crippen LogP contribution in [0.3, 0.4) is 0 Å². The average Bonchev–Trinajstić information content (AvgIpc) is 2.65. The van der Waals surface area contributed by atoms with E-state index in [4.69, 9.17) is 14.2 Å². The Hall–Kier alpha value is -1.27. The number of carbonyl (C=O) groups excluding carboxylic acids is 1. The molecule has 0 N–H and O–H groups in total. The van der Waals surface area contributed by atoms with Crippen molar-refractivity contribution >= 4 is 5.78 Å². The summed E-state index contributed by atoms with van der Waals surface area (Å²) in [5.74, 6) is 0.495. The number of rotatable bonds is 10. The van der Waals surface area contributed by atoms with Gasteiger partial charge < -0.3 is 14.2 Å². The van der Waals surface area contributed by atoms with Gasteiger partial charge in [0.05, 0.1) is 33.0 Å². The molecule has 0 spiro atoms. The van der Waals surface area contributed by atoms with Gasteiger partial charge >= 0.3 is 0 Å². The Morgan fingerprint density at radius 2 is 1.77 bits per heavy atom. The van der Waals surface area contributed by atoms with E-state index in [1.54, 1.807) is 0 Å². The Morgan fingerprint density at radius 3 is 2.46 bits per heavy atom. The molecule has 5 nitrogen and oxygen atoms in total. The first-order valence-electron chi connectivity index (χ1n) is 9.83. The summed E-state index contributed by atoms with van der Waals surface area (Å²) in [6.07, 6.45) is 2.32. The van der Waals surface area contributed by atoms with Crippen LogP contribution in [0.15, 0.2) is 30.3 Å². The molecule has 1 aromatic rings. The minimum atomic E-state index is 0.149. The maximum atomic E-state index is 12.6. The number of hydrogen-bond acceptors (Lipinski definition) is 5. The minimum Gasteiger partial charge on any atom is -0.379 e. The fraction of sp³-hybridized carbons (Fsp3) is 0.667. The van der Waals surface area contributed by atoms with Gasteiger partial charge in [0.2, 0.25) is 0 Å². The van der Waals surface area contributed by atoms with Crippen LogP contribution >= 0.6 is 0 Å². The summed E-state index contributed by atoms with van der Waals surface area (Å²) in [6, 6.07) is 11.3. The number of ether oxygens (including phenoxy) is 3. The van der Waals surface area contributed by atoms with E-state index >= 15 is 0 Å². The molecular formula is C21H31NO4. The molecule has 26 heavy (non-hydrogen) atoms. The van der Waals surface area contributed by atoms with Crippen molar-refractivity contribution in [3.8, 4) is 0 Å². The highest BCUT2D eigenvalue weighted by Gasteiger charge is 2.40. The van der Waals surface area contributed by atoms with Gasteiger partial charge in [-0.05, 0) is 25.3 Å². The summed E-state index contributed by atoms with van der Waals surface area (Å²) in [5.41, 5.74) is 1.33. The fourth-order valence-electron chi connectivity index (χ4n) is 4.05. The van der Waals surface area contributed by atoms with Crippen molar-refractivity contribution in [3.63, 3.8) is 0 Å². The van der Waals surface area contributed by atoms with Crippen molar-refractivity contribution in [2.45, 2.75) is 44.8 Å². The lowest BCUT2D eigenvalue weighted by atomic mass is 9.81. The van der Waals surface area contributed by atoms with Gasteiger partial charge in [0.1, 0.15) is 5.78 Å². The van der Waals surface area contributed by atoms with Gasteiger partial charge in [0.15, 0.2) is 0 Å². The van der Waals surface area contributed by atoms with Crippen LogP contribution in [0, 0.1) is 5.92 Å². The molecule has 2 atom stereocenters. The third kappa shape index (κ3) is 5.36. The highest BCUT2D eigenvalue weighted by molar-refractivity contribution is 5.81. The lowest BCUT2D eigenvalue weighted by molar-refractivity contribution is -0.134. The minimum absolute atomic E-state index is 0.149. The lowest BCUT2D eigenvalue weighted by Gasteiger charge is -2.48. The quantitative estimate of drug-likeness (QED) is 0.600. The second-order valence-corrected chi connectivity index (χ2v) is 7.20. The number of fused-ring (bicyclic) bond motifs is 2. The molecule has 2 fully saturated rings. The van der Waals surface area contributed by atoms with Crippen molar-refractivity contribution < 1.29 is 19.0 Å². The van der Waals surface area contributed by atoms with Crippen LogP contribution in [0.2, 0.25) is 0 Å². The molecule has 2 bridgehead atoms. The van der Waals surface area contributed by atoms with Gasteiger partial charge in [0, 0.05) is 37.6 Å². The van der Waals surface area contributed by atoms with E-state index in [1.807, 2.05) is 6.92 Å². The summed E-state index contributed by atoms with van der Waals surface area (Å²) >= 11 is 0. The molecule has 2 heterocycles. The number of benzene rings is 1. The van der Waals surface area contributed by atoms with Gasteiger partial charge in [-0.3, -0.25) is 9.69 Å². The van der Waals surface area contributed by atoms with Gasteiger partial charge in [-0.1, -0.05) is 30.3 Å². The maximum absolute atomic E-state index is 12.6. The molecule has 0 radical (unpaired) electrons. The van der Waals surface area contributed by atoms with Crippen molar-refractivity contribution in [3.05, 3.63) is 35.9 Å². The van der Waals surface area contributed by atoms with Gasteiger partial charge in [-0.15, -0.1) is 0 Å². The predicted molar refractivity (Wildman–Crippen MR) is 100 cm³/mol. The third-order valence-corrected chi connectivity index (χ3v) is 5.40. The standard InChI is InChI=1S/C21H31NO4/c1-2-24-10-11-25-9-8-21(23)18-12-19-15-26-16-20(13-18)22(19)14-17-6-4-3-5-7-17/h3-7,18-20H,2,8-16H2,1H3. The van der Waals surface area contributed by atoms with Crippen LogP contribution in [0.1, 0.15) is 31.7 Å². The summed E-state index contributed by atoms with van der Waals surface area (Å²) < 4.78 is 16.5. The van der Waals surface area contributed by atoms with E-state index in [-0.39, 0.29) is 5.92 Å². The van der Waals surface area contributed by atoms with Gasteiger partial charge in [0.25, 0.3) is 0 Å². The van der Waals surface area contributed by atoms with Crippen LogP contribution in [0.25, 0.3) is 0 Å². The molecular weight excluding hydrogens is 330 g/mol. The topological polar surface area (TPSA) is 48.0 Å². The highest BCUT2D eigenvalue weighted by Crippen LogP contribution is 2.33. The Balaban J connectivity index is 1.47. The van der Waals surface area contributed by atoms with E-state index < -0.39 is 0 Å². The molecule has 0 aromatic heterocycles. The van der Waals surface area contributed by atoms with Crippen LogP contribution in [-0.4, -0.2) is 62.4 Å². The maximum Gasteiger partial charge on any atom is 0.138 e. The summed E-state index contributed by atoms with van der Waals surface area (Å²) in [4.78, 5) is 15.2. The Kier molecular flexibility index (Phi) is 7.62. The molecule has 2 saturated heterocycles. The Bertz CT molecular complexity index is 536. The molecule has 5 heteroatoms. The second kappa shape index (κ2) is 10.2. The Labute approximate surface area is 156 Å². The van der Waals surface area contributed by atoms with Crippen molar-refractivity contribution in [1.82, 2.24) is 4.90 Å². The summed E-state index contributed by atoms with van der Waals surface area (Å²) in [6.45, 7) is 6.75. The smallest absolute Gasteiger partial charge is 0.138 e. The van der Waals surface area contributed by atoms with E-state index in [1.165, 1.54) is 5.56 Å². The van der Waals surface area contributed by atoms with Gasteiger partial charge in [-0.2, -0.15) is 0 Å². The van der Waals surface area contributed by atoms with E-state index in [0.29, 0.717) is 50.7 Å². The third-order valence-electron chi connectivity index (χ3n) is 5.40. The zero-order valence-corrected chi connectivity index (χ0v) is 15.8. The first kappa shape index (κ1) is 19.5. The second-order valence-electron chi connectivity index (χ2n) is 7.20. The van der Waals surface area contributed by atoms with Crippen LogP contribution < -0.4 is 0 Å². The first-order valence-corrected chi connectivity index (χ1v) is 9.83. The summed E-state index contributed by atoms with van der Waals surface area (Å²) in [5, 5.41) is 0. The Morgan fingerprint density at radius 1 is 1.08 bits per heavy atom. The number of carbonyl (C=O) groups is 1.